The Morgan fingerprint density at radius 2 is 1.93 bits per heavy atom. The second-order valence-electron chi connectivity index (χ2n) is 3.23. The molecule has 1 heterocycles. The van der Waals surface area contributed by atoms with E-state index in [1.54, 1.807) is 18.0 Å². The van der Waals surface area contributed by atoms with Crippen molar-refractivity contribution < 1.29 is 0 Å². The molecule has 0 saturated heterocycles. The zero-order valence-electron chi connectivity index (χ0n) is 8.26. The summed E-state index contributed by atoms with van der Waals surface area (Å²) in [5.41, 5.74) is 7.54. The van der Waals surface area contributed by atoms with Gasteiger partial charge < -0.3 is 5.73 Å². The fourth-order valence-corrected chi connectivity index (χ4v) is 2.11. The van der Waals surface area contributed by atoms with Crippen molar-refractivity contribution in [3.8, 4) is 0 Å². The maximum Gasteiger partial charge on any atom is 0.0503 e. The van der Waals surface area contributed by atoms with Crippen molar-refractivity contribution in [2.75, 3.05) is 5.73 Å². The highest BCUT2D eigenvalue weighted by molar-refractivity contribution is 7.98. The first-order chi connectivity index (χ1) is 7.34. The van der Waals surface area contributed by atoms with Gasteiger partial charge in [-0.3, -0.25) is 4.98 Å². The third-order valence-electron chi connectivity index (χ3n) is 1.96. The lowest BCUT2D eigenvalue weighted by Crippen LogP contribution is -1.89. The molecule has 0 aliphatic heterocycles. The molecule has 0 fully saturated rings. The topological polar surface area (TPSA) is 38.9 Å². The molecule has 0 radical (unpaired) electrons. The molecule has 2 nitrogen and oxygen atoms in total. The lowest BCUT2D eigenvalue weighted by molar-refractivity contribution is 1.25. The van der Waals surface area contributed by atoms with E-state index in [4.69, 9.17) is 5.73 Å². The predicted octanol–water partition coefficient (Wildman–Crippen LogP) is 2.96. The van der Waals surface area contributed by atoms with Gasteiger partial charge in [0.25, 0.3) is 0 Å². The van der Waals surface area contributed by atoms with Gasteiger partial charge in [-0.1, -0.05) is 18.2 Å². The number of benzene rings is 1. The quantitative estimate of drug-likeness (QED) is 0.802. The molecule has 15 heavy (non-hydrogen) atoms. The minimum atomic E-state index is 0.723. The van der Waals surface area contributed by atoms with Gasteiger partial charge in [0.2, 0.25) is 0 Å². The summed E-state index contributed by atoms with van der Waals surface area (Å²) in [6.45, 7) is 0. The lowest BCUT2D eigenvalue weighted by atomic mass is 10.3. The number of thioether (sulfide) groups is 1. The molecule has 0 bridgehead atoms. The van der Waals surface area contributed by atoms with Crippen LogP contribution in [0.1, 0.15) is 5.56 Å². The smallest absolute Gasteiger partial charge is 0.0503 e. The molecule has 2 rings (SSSR count). The van der Waals surface area contributed by atoms with Crippen molar-refractivity contribution in [3.63, 3.8) is 0 Å². The van der Waals surface area contributed by atoms with Crippen molar-refractivity contribution in [3.05, 3.63) is 54.4 Å². The van der Waals surface area contributed by atoms with Gasteiger partial charge in [-0.05, 0) is 23.8 Å². The number of hydrogen-bond acceptors (Lipinski definition) is 3. The number of aromatic nitrogens is 1. The van der Waals surface area contributed by atoms with Crippen LogP contribution in [-0.2, 0) is 5.75 Å². The third kappa shape index (κ3) is 2.99. The number of anilines is 1. The molecule has 76 valence electrons. The number of rotatable bonds is 3. The van der Waals surface area contributed by atoms with Gasteiger partial charge in [0.1, 0.15) is 0 Å². The highest BCUT2D eigenvalue weighted by Crippen LogP contribution is 2.22. The first-order valence-corrected chi connectivity index (χ1v) is 5.70. The first kappa shape index (κ1) is 10.1. The summed E-state index contributed by atoms with van der Waals surface area (Å²) in [5, 5.41) is 0. The van der Waals surface area contributed by atoms with E-state index in [0.29, 0.717) is 0 Å². The maximum absolute atomic E-state index is 5.66. The third-order valence-corrected chi connectivity index (χ3v) is 3.05. The zero-order chi connectivity index (χ0) is 10.5. The zero-order valence-corrected chi connectivity index (χ0v) is 9.08. The summed E-state index contributed by atoms with van der Waals surface area (Å²) in [7, 11) is 0. The molecule has 0 aliphatic rings. The van der Waals surface area contributed by atoms with Gasteiger partial charge in [-0.15, -0.1) is 11.8 Å². The predicted molar refractivity (Wildman–Crippen MR) is 64.7 cm³/mol. The average Bonchev–Trinajstić information content (AvgIpc) is 2.28. The van der Waals surface area contributed by atoms with Crippen molar-refractivity contribution >= 4 is 17.4 Å². The van der Waals surface area contributed by atoms with E-state index in [-0.39, 0.29) is 0 Å². The normalized spacial score (nSPS) is 10.1. The van der Waals surface area contributed by atoms with Crippen LogP contribution in [-0.4, -0.2) is 4.98 Å². The Labute approximate surface area is 93.5 Å². The highest BCUT2D eigenvalue weighted by atomic mass is 32.2. The van der Waals surface area contributed by atoms with Crippen LogP contribution in [0.2, 0.25) is 0 Å². The van der Waals surface area contributed by atoms with E-state index >= 15 is 0 Å². The summed E-state index contributed by atoms with van der Waals surface area (Å²) >= 11 is 1.79. The van der Waals surface area contributed by atoms with Gasteiger partial charge in [-0.25, -0.2) is 0 Å². The molecule has 1 aromatic heterocycles. The van der Waals surface area contributed by atoms with Crippen LogP contribution in [0.5, 0.6) is 0 Å². The largest absolute Gasteiger partial charge is 0.397 e. The van der Waals surface area contributed by atoms with E-state index in [1.165, 1.54) is 4.90 Å². The Hall–Kier alpha value is -1.48. The molecule has 0 saturated carbocycles. The maximum atomic E-state index is 5.66. The molecule has 0 amide bonds. The van der Waals surface area contributed by atoms with Gasteiger partial charge in [0.15, 0.2) is 0 Å². The molecule has 0 atom stereocenters. The van der Waals surface area contributed by atoms with Crippen LogP contribution in [0.4, 0.5) is 5.69 Å². The summed E-state index contributed by atoms with van der Waals surface area (Å²) in [6, 6.07) is 12.3. The summed E-state index contributed by atoms with van der Waals surface area (Å²) in [5.74, 6) is 0.905. The fraction of sp³-hybridized carbons (Fsp3) is 0.0833. The van der Waals surface area contributed by atoms with Gasteiger partial charge in [0.05, 0.1) is 5.69 Å². The summed E-state index contributed by atoms with van der Waals surface area (Å²) in [4.78, 5) is 5.32. The molecule has 2 N–H and O–H groups in total. The van der Waals surface area contributed by atoms with Crippen LogP contribution in [0.25, 0.3) is 0 Å². The fourth-order valence-electron chi connectivity index (χ4n) is 1.27. The minimum Gasteiger partial charge on any atom is -0.397 e. The molecular formula is C12H12N2S. The number of hydrogen-bond donors (Lipinski definition) is 1. The second-order valence-corrected chi connectivity index (χ2v) is 4.28. The molecule has 3 heteroatoms. The van der Waals surface area contributed by atoms with E-state index in [2.05, 4.69) is 17.1 Å². The van der Waals surface area contributed by atoms with E-state index < -0.39 is 0 Å². The monoisotopic (exact) mass is 216 g/mol. The van der Waals surface area contributed by atoms with E-state index in [9.17, 15) is 0 Å². The van der Waals surface area contributed by atoms with Crippen LogP contribution in [0.3, 0.4) is 0 Å². The number of nitrogens with zero attached hydrogens (tertiary/aromatic N) is 1. The van der Waals surface area contributed by atoms with Gasteiger partial charge >= 0.3 is 0 Å². The van der Waals surface area contributed by atoms with Crippen LogP contribution in [0.15, 0.2) is 53.7 Å². The number of nitrogen functional groups attached to an aromatic ring is 1. The average molecular weight is 216 g/mol. The van der Waals surface area contributed by atoms with Gasteiger partial charge in [-0.2, -0.15) is 0 Å². The van der Waals surface area contributed by atoms with Crippen molar-refractivity contribution in [2.24, 2.45) is 0 Å². The van der Waals surface area contributed by atoms with E-state index in [1.807, 2.05) is 30.5 Å². The SMILES string of the molecule is Nc1cncc(CSc2ccccc2)c1. The second kappa shape index (κ2) is 4.84. The van der Waals surface area contributed by atoms with Crippen LogP contribution < -0.4 is 5.73 Å². The summed E-state index contributed by atoms with van der Waals surface area (Å²) < 4.78 is 0. The lowest BCUT2D eigenvalue weighted by Gasteiger charge is -2.01. The molecule has 0 unspecified atom stereocenters. The Morgan fingerprint density at radius 1 is 1.13 bits per heavy atom. The van der Waals surface area contributed by atoms with Crippen LogP contribution in [0, 0.1) is 0 Å². The van der Waals surface area contributed by atoms with Crippen LogP contribution >= 0.6 is 11.8 Å². The Kier molecular flexibility index (Phi) is 3.25. The minimum absolute atomic E-state index is 0.723. The Morgan fingerprint density at radius 3 is 2.67 bits per heavy atom. The highest BCUT2D eigenvalue weighted by Gasteiger charge is 1.96. The Bertz CT molecular complexity index is 429. The van der Waals surface area contributed by atoms with Crippen molar-refractivity contribution in [1.82, 2.24) is 4.98 Å². The Balaban J connectivity index is 1.99. The number of nitrogens with two attached hydrogens (primary N) is 1. The number of pyridine rings is 1. The van der Waals surface area contributed by atoms with Gasteiger partial charge in [0, 0.05) is 23.0 Å². The van der Waals surface area contributed by atoms with E-state index in [0.717, 1.165) is 17.0 Å². The molecule has 0 spiro atoms. The molecule has 0 aliphatic carbocycles. The molecule has 2 aromatic rings. The molecule has 1 aromatic carbocycles. The standard InChI is InChI=1S/C12H12N2S/c13-11-6-10(7-14-8-11)9-15-12-4-2-1-3-5-12/h1-8H,9,13H2. The molecular weight excluding hydrogens is 204 g/mol. The first-order valence-electron chi connectivity index (χ1n) is 4.72. The van der Waals surface area contributed by atoms with Crippen molar-refractivity contribution in [1.29, 1.82) is 0 Å². The summed E-state index contributed by atoms with van der Waals surface area (Å²) in [6.07, 6.45) is 3.52. The van der Waals surface area contributed by atoms with Crippen molar-refractivity contribution in [2.45, 2.75) is 10.6 Å².